The summed E-state index contributed by atoms with van der Waals surface area (Å²) in [7, 11) is 0. The lowest BCUT2D eigenvalue weighted by Gasteiger charge is -2.07. The van der Waals surface area contributed by atoms with Crippen LogP contribution in [0, 0.1) is 0 Å². The van der Waals surface area contributed by atoms with Gasteiger partial charge in [-0.05, 0) is 43.3 Å². The maximum Gasteiger partial charge on any atom is 0.338 e. The van der Waals surface area contributed by atoms with Crippen molar-refractivity contribution >= 4 is 11.9 Å². The van der Waals surface area contributed by atoms with Crippen molar-refractivity contribution in [1.82, 2.24) is 5.32 Å². The van der Waals surface area contributed by atoms with Gasteiger partial charge in [-0.1, -0.05) is 18.2 Å². The maximum absolute atomic E-state index is 11.8. The molecule has 0 saturated heterocycles. The Bertz CT molecular complexity index is 623. The molecule has 0 fully saturated rings. The third-order valence-corrected chi connectivity index (χ3v) is 2.78. The lowest BCUT2D eigenvalue weighted by molar-refractivity contribution is -0.124. The Hall–Kier alpha value is -2.82. The summed E-state index contributed by atoms with van der Waals surface area (Å²) in [5.41, 5.74) is 0.365. The average molecular weight is 299 g/mol. The summed E-state index contributed by atoms with van der Waals surface area (Å²) in [5, 5.41) is 2.55. The van der Waals surface area contributed by atoms with Crippen molar-refractivity contribution < 1.29 is 19.1 Å². The molecule has 1 N–H and O–H groups in total. The molecule has 0 spiro atoms. The summed E-state index contributed by atoms with van der Waals surface area (Å²) in [6, 6.07) is 15.9. The van der Waals surface area contributed by atoms with Crippen LogP contribution in [0.3, 0.4) is 0 Å². The van der Waals surface area contributed by atoms with Crippen molar-refractivity contribution in [3.05, 3.63) is 60.2 Å². The highest BCUT2D eigenvalue weighted by Gasteiger charge is 2.09. The van der Waals surface area contributed by atoms with E-state index in [0.29, 0.717) is 23.6 Å². The van der Waals surface area contributed by atoms with Crippen LogP contribution >= 0.6 is 0 Å². The SMILES string of the molecule is CCNC(=O)COC(=O)c1ccc(Oc2ccccc2)cc1. The van der Waals surface area contributed by atoms with E-state index in [-0.39, 0.29) is 12.5 Å². The Morgan fingerprint density at radius 1 is 0.955 bits per heavy atom. The molecule has 1 amide bonds. The first-order chi connectivity index (χ1) is 10.7. The van der Waals surface area contributed by atoms with Crippen LogP contribution in [0.15, 0.2) is 54.6 Å². The minimum atomic E-state index is -0.544. The number of rotatable bonds is 6. The van der Waals surface area contributed by atoms with Crippen molar-refractivity contribution in [2.45, 2.75) is 6.92 Å². The molecule has 0 heterocycles. The summed E-state index contributed by atoms with van der Waals surface area (Å²) in [5.74, 6) is 0.470. The van der Waals surface area contributed by atoms with Crippen molar-refractivity contribution in [1.29, 1.82) is 0 Å². The van der Waals surface area contributed by atoms with Gasteiger partial charge in [0.25, 0.3) is 5.91 Å². The van der Waals surface area contributed by atoms with Gasteiger partial charge in [-0.25, -0.2) is 4.79 Å². The summed E-state index contributed by atoms with van der Waals surface area (Å²) in [6.45, 7) is 2.02. The van der Waals surface area contributed by atoms with E-state index >= 15 is 0 Å². The van der Waals surface area contributed by atoms with Gasteiger partial charge < -0.3 is 14.8 Å². The molecule has 5 nitrogen and oxygen atoms in total. The van der Waals surface area contributed by atoms with Gasteiger partial charge in [0.1, 0.15) is 11.5 Å². The van der Waals surface area contributed by atoms with Crippen LogP contribution in [-0.4, -0.2) is 25.0 Å². The molecular weight excluding hydrogens is 282 g/mol. The molecule has 0 aliphatic heterocycles. The molecule has 2 rings (SSSR count). The van der Waals surface area contributed by atoms with Gasteiger partial charge >= 0.3 is 5.97 Å². The van der Waals surface area contributed by atoms with Gasteiger partial charge in [-0.2, -0.15) is 0 Å². The smallest absolute Gasteiger partial charge is 0.338 e. The second kappa shape index (κ2) is 7.83. The molecule has 0 aliphatic rings. The highest BCUT2D eigenvalue weighted by molar-refractivity contribution is 5.91. The van der Waals surface area contributed by atoms with Crippen molar-refractivity contribution in [2.24, 2.45) is 0 Å². The molecule has 0 unspecified atom stereocenters. The van der Waals surface area contributed by atoms with Crippen molar-refractivity contribution in [3.63, 3.8) is 0 Å². The number of likely N-dealkylation sites (N-methyl/N-ethyl adjacent to an activating group) is 1. The number of carbonyl (C=O) groups excluding carboxylic acids is 2. The second-order valence-corrected chi connectivity index (χ2v) is 4.47. The molecule has 0 aliphatic carbocycles. The van der Waals surface area contributed by atoms with E-state index in [4.69, 9.17) is 9.47 Å². The largest absolute Gasteiger partial charge is 0.457 e. The average Bonchev–Trinajstić information content (AvgIpc) is 2.54. The Balaban J connectivity index is 1.91. The zero-order valence-electron chi connectivity index (χ0n) is 12.2. The number of hydrogen-bond acceptors (Lipinski definition) is 4. The van der Waals surface area contributed by atoms with Gasteiger partial charge in [-0.3, -0.25) is 4.79 Å². The number of hydrogen-bond donors (Lipinski definition) is 1. The van der Waals surface area contributed by atoms with E-state index in [0.717, 1.165) is 0 Å². The highest BCUT2D eigenvalue weighted by Crippen LogP contribution is 2.21. The van der Waals surface area contributed by atoms with Gasteiger partial charge in [0.2, 0.25) is 0 Å². The van der Waals surface area contributed by atoms with Crippen LogP contribution in [0.25, 0.3) is 0 Å². The Morgan fingerprint density at radius 2 is 1.59 bits per heavy atom. The molecule has 5 heteroatoms. The van der Waals surface area contributed by atoms with Gasteiger partial charge in [0.15, 0.2) is 6.61 Å². The lowest BCUT2D eigenvalue weighted by atomic mass is 10.2. The number of esters is 1. The standard InChI is InChI=1S/C17H17NO4/c1-2-18-16(19)12-21-17(20)13-8-10-15(11-9-13)22-14-6-4-3-5-7-14/h3-11H,2,12H2,1H3,(H,18,19). The van der Waals surface area contributed by atoms with Gasteiger partial charge in [0.05, 0.1) is 5.56 Å². The summed E-state index contributed by atoms with van der Waals surface area (Å²) in [4.78, 5) is 23.0. The third-order valence-electron chi connectivity index (χ3n) is 2.78. The monoisotopic (exact) mass is 299 g/mol. The fraction of sp³-hybridized carbons (Fsp3) is 0.176. The fourth-order valence-electron chi connectivity index (χ4n) is 1.75. The summed E-state index contributed by atoms with van der Waals surface area (Å²) >= 11 is 0. The van der Waals surface area contributed by atoms with Crippen LogP contribution in [0.4, 0.5) is 0 Å². The first-order valence-corrected chi connectivity index (χ1v) is 6.96. The molecule has 22 heavy (non-hydrogen) atoms. The van der Waals surface area contributed by atoms with E-state index in [1.165, 1.54) is 0 Å². The maximum atomic E-state index is 11.8. The van der Waals surface area contributed by atoms with E-state index in [1.807, 2.05) is 30.3 Å². The normalized spacial score (nSPS) is 9.86. The first kappa shape index (κ1) is 15.6. The minimum absolute atomic E-state index is 0.283. The Morgan fingerprint density at radius 3 is 2.23 bits per heavy atom. The molecule has 0 radical (unpaired) electrons. The van der Waals surface area contributed by atoms with E-state index in [1.54, 1.807) is 31.2 Å². The zero-order valence-corrected chi connectivity index (χ0v) is 12.2. The highest BCUT2D eigenvalue weighted by atomic mass is 16.5. The molecule has 2 aromatic carbocycles. The number of carbonyl (C=O) groups is 2. The molecule has 0 saturated carbocycles. The Labute approximate surface area is 128 Å². The van der Waals surface area contributed by atoms with E-state index < -0.39 is 5.97 Å². The van der Waals surface area contributed by atoms with Crippen molar-refractivity contribution in [3.8, 4) is 11.5 Å². The number of amides is 1. The molecule has 0 aromatic heterocycles. The number of benzene rings is 2. The summed E-state index contributed by atoms with van der Waals surface area (Å²) in [6.07, 6.45) is 0. The lowest BCUT2D eigenvalue weighted by Crippen LogP contribution is -2.28. The van der Waals surface area contributed by atoms with Crippen LogP contribution < -0.4 is 10.1 Å². The van der Waals surface area contributed by atoms with E-state index in [9.17, 15) is 9.59 Å². The summed E-state index contributed by atoms with van der Waals surface area (Å²) < 4.78 is 10.5. The van der Waals surface area contributed by atoms with Crippen LogP contribution in [0.2, 0.25) is 0 Å². The molecule has 2 aromatic rings. The number of ether oxygens (including phenoxy) is 2. The molecule has 0 atom stereocenters. The van der Waals surface area contributed by atoms with Gasteiger partial charge in [0, 0.05) is 6.54 Å². The third kappa shape index (κ3) is 4.63. The van der Waals surface area contributed by atoms with E-state index in [2.05, 4.69) is 5.32 Å². The zero-order chi connectivity index (χ0) is 15.8. The number of para-hydroxylation sites is 1. The van der Waals surface area contributed by atoms with Crippen LogP contribution in [-0.2, 0) is 9.53 Å². The predicted molar refractivity (Wildman–Crippen MR) is 81.9 cm³/mol. The molecule has 114 valence electrons. The molecular formula is C17H17NO4. The first-order valence-electron chi connectivity index (χ1n) is 6.96. The second-order valence-electron chi connectivity index (χ2n) is 4.47. The predicted octanol–water partition coefficient (Wildman–Crippen LogP) is 2.77. The molecule has 0 bridgehead atoms. The quantitative estimate of drug-likeness (QED) is 0.833. The topological polar surface area (TPSA) is 64.6 Å². The van der Waals surface area contributed by atoms with Crippen molar-refractivity contribution in [2.75, 3.05) is 13.2 Å². The fourth-order valence-corrected chi connectivity index (χ4v) is 1.75. The number of nitrogens with one attached hydrogen (secondary N) is 1. The van der Waals surface area contributed by atoms with Gasteiger partial charge in [-0.15, -0.1) is 0 Å². The van der Waals surface area contributed by atoms with Crippen LogP contribution in [0.5, 0.6) is 11.5 Å². The Kier molecular flexibility index (Phi) is 5.54. The minimum Gasteiger partial charge on any atom is -0.457 e. The van der Waals surface area contributed by atoms with Crippen LogP contribution in [0.1, 0.15) is 17.3 Å².